The van der Waals surface area contributed by atoms with E-state index in [0.29, 0.717) is 19.3 Å². The van der Waals surface area contributed by atoms with Gasteiger partial charge in [-0.25, -0.2) is 0 Å². The number of carbonyl (C=O) groups is 3. The molecule has 1 atom stereocenters. The van der Waals surface area contributed by atoms with Crippen molar-refractivity contribution in [3.8, 4) is 0 Å². The van der Waals surface area contributed by atoms with Gasteiger partial charge in [-0.05, 0) is 44.9 Å². The lowest BCUT2D eigenvalue weighted by atomic mass is 10.0. The number of carbonyl (C=O) groups excluding carboxylic acids is 3. The van der Waals surface area contributed by atoms with Crippen LogP contribution in [0.5, 0.6) is 0 Å². The molecule has 1 unspecified atom stereocenters. The predicted molar refractivity (Wildman–Crippen MR) is 335 cm³/mol. The summed E-state index contributed by atoms with van der Waals surface area (Å²) < 4.78 is 16.8. The van der Waals surface area contributed by atoms with Crippen molar-refractivity contribution in [3.63, 3.8) is 0 Å². The second-order valence-electron chi connectivity index (χ2n) is 23.1. The highest BCUT2D eigenvalue weighted by atomic mass is 16.6. The number of hydrogen-bond acceptors (Lipinski definition) is 6. The highest BCUT2D eigenvalue weighted by Crippen LogP contribution is 2.19. The zero-order valence-corrected chi connectivity index (χ0v) is 51.7. The van der Waals surface area contributed by atoms with Crippen LogP contribution in [0, 0.1) is 0 Å². The number of esters is 3. The van der Waals surface area contributed by atoms with E-state index >= 15 is 0 Å². The Labute approximate surface area is 479 Å². The average molecular weight is 1080 g/mol. The van der Waals surface area contributed by atoms with Crippen LogP contribution < -0.4 is 0 Å². The van der Waals surface area contributed by atoms with Crippen LogP contribution in [-0.2, 0) is 28.6 Å². The maximum atomic E-state index is 12.8. The Balaban J connectivity index is 4.03. The number of rotatable bonds is 63. The molecule has 77 heavy (non-hydrogen) atoms. The molecular formula is C71H130O6. The van der Waals surface area contributed by atoms with Gasteiger partial charge >= 0.3 is 17.9 Å². The molecule has 6 nitrogen and oxygen atoms in total. The summed E-state index contributed by atoms with van der Waals surface area (Å²) in [6, 6.07) is 0. The number of hydrogen-bond donors (Lipinski definition) is 0. The van der Waals surface area contributed by atoms with Gasteiger partial charge in [0.05, 0.1) is 0 Å². The zero-order valence-electron chi connectivity index (χ0n) is 51.7. The van der Waals surface area contributed by atoms with Gasteiger partial charge in [-0.1, -0.05) is 352 Å². The van der Waals surface area contributed by atoms with E-state index in [1.54, 1.807) is 0 Å². The molecule has 0 aromatic heterocycles. The van der Waals surface area contributed by atoms with E-state index in [4.69, 9.17) is 14.2 Å². The molecule has 0 fully saturated rings. The molecular weight excluding hydrogens is 949 g/mol. The molecule has 6 heteroatoms. The van der Waals surface area contributed by atoms with Crippen LogP contribution >= 0.6 is 0 Å². The van der Waals surface area contributed by atoms with Crippen LogP contribution in [-0.4, -0.2) is 37.2 Å². The predicted octanol–water partition coefficient (Wildman–Crippen LogP) is 23.3. The maximum absolute atomic E-state index is 12.8. The van der Waals surface area contributed by atoms with Crippen LogP contribution in [0.1, 0.15) is 367 Å². The Bertz CT molecular complexity index is 1330. The van der Waals surface area contributed by atoms with Gasteiger partial charge in [0.25, 0.3) is 0 Å². The Hall–Kier alpha value is -2.63. The second kappa shape index (κ2) is 65.9. The van der Waals surface area contributed by atoms with Crippen LogP contribution in [0.25, 0.3) is 0 Å². The van der Waals surface area contributed by atoms with Crippen molar-refractivity contribution in [1.82, 2.24) is 0 Å². The lowest BCUT2D eigenvalue weighted by Crippen LogP contribution is -2.30. The lowest BCUT2D eigenvalue weighted by Gasteiger charge is -2.18. The topological polar surface area (TPSA) is 78.9 Å². The van der Waals surface area contributed by atoms with E-state index < -0.39 is 6.10 Å². The van der Waals surface area contributed by atoms with Gasteiger partial charge in [0.15, 0.2) is 6.10 Å². The SMILES string of the molecule is CC/C=C\C/C=C\C/C=C\C/C=C\CCC(=O)OC(COC(=O)CCCCCCCCCCCCCC)COC(=O)CCCCCCCCCCCCCCCCCCCCCCCCCCCCCCCCCCCC. The molecule has 0 aliphatic carbocycles. The highest BCUT2D eigenvalue weighted by molar-refractivity contribution is 5.71. The summed E-state index contributed by atoms with van der Waals surface area (Å²) in [4.78, 5) is 38.1. The minimum Gasteiger partial charge on any atom is -0.462 e. The Morgan fingerprint density at radius 3 is 0.766 bits per heavy atom. The fourth-order valence-electron chi connectivity index (χ4n) is 10.3. The third-order valence-electron chi connectivity index (χ3n) is 15.4. The van der Waals surface area contributed by atoms with Gasteiger partial charge < -0.3 is 14.2 Å². The van der Waals surface area contributed by atoms with Crippen molar-refractivity contribution in [1.29, 1.82) is 0 Å². The van der Waals surface area contributed by atoms with Gasteiger partial charge in [-0.3, -0.25) is 14.4 Å². The fraction of sp³-hybridized carbons (Fsp3) is 0.845. The summed E-state index contributed by atoms with van der Waals surface area (Å²) >= 11 is 0. The van der Waals surface area contributed by atoms with E-state index in [2.05, 4.69) is 63.3 Å². The molecule has 0 heterocycles. The van der Waals surface area contributed by atoms with Crippen molar-refractivity contribution in [2.45, 2.75) is 374 Å². The molecule has 0 rings (SSSR count). The first-order chi connectivity index (χ1) is 38.0. The number of unbranched alkanes of at least 4 members (excludes halogenated alkanes) is 44. The van der Waals surface area contributed by atoms with Crippen molar-refractivity contribution >= 4 is 17.9 Å². The molecule has 0 amide bonds. The third-order valence-corrected chi connectivity index (χ3v) is 15.4. The maximum Gasteiger partial charge on any atom is 0.306 e. The summed E-state index contributed by atoms with van der Waals surface area (Å²) in [5, 5.41) is 0. The smallest absolute Gasteiger partial charge is 0.306 e. The van der Waals surface area contributed by atoms with E-state index in [1.807, 2.05) is 6.08 Å². The fourth-order valence-corrected chi connectivity index (χ4v) is 10.3. The minimum atomic E-state index is -0.808. The zero-order chi connectivity index (χ0) is 55.7. The summed E-state index contributed by atoms with van der Waals surface area (Å²) in [6.07, 6.45) is 83.3. The lowest BCUT2D eigenvalue weighted by molar-refractivity contribution is -0.166. The van der Waals surface area contributed by atoms with Crippen LogP contribution in [0.2, 0.25) is 0 Å². The molecule has 0 radical (unpaired) electrons. The first-order valence-electron chi connectivity index (χ1n) is 34.1. The van der Waals surface area contributed by atoms with E-state index in [1.165, 1.54) is 257 Å². The summed E-state index contributed by atoms with van der Waals surface area (Å²) in [5.74, 6) is -0.961. The summed E-state index contributed by atoms with van der Waals surface area (Å²) in [7, 11) is 0. The molecule has 0 aromatic rings. The summed E-state index contributed by atoms with van der Waals surface area (Å²) in [5.41, 5.74) is 0. The van der Waals surface area contributed by atoms with E-state index in [9.17, 15) is 14.4 Å². The quantitative estimate of drug-likeness (QED) is 0.0261. The largest absolute Gasteiger partial charge is 0.462 e. The van der Waals surface area contributed by atoms with Gasteiger partial charge in [0.1, 0.15) is 13.2 Å². The molecule has 0 saturated carbocycles. The Morgan fingerprint density at radius 2 is 0.506 bits per heavy atom. The van der Waals surface area contributed by atoms with E-state index in [0.717, 1.165) is 64.2 Å². The van der Waals surface area contributed by atoms with Crippen LogP contribution in [0.15, 0.2) is 48.6 Å². The summed E-state index contributed by atoms with van der Waals surface area (Å²) in [6.45, 7) is 6.51. The molecule has 0 saturated heterocycles. The van der Waals surface area contributed by atoms with Crippen molar-refractivity contribution < 1.29 is 28.6 Å². The van der Waals surface area contributed by atoms with Crippen LogP contribution in [0.4, 0.5) is 0 Å². The number of ether oxygens (including phenoxy) is 3. The average Bonchev–Trinajstić information content (AvgIpc) is 3.43. The highest BCUT2D eigenvalue weighted by Gasteiger charge is 2.19. The molecule has 0 aliphatic heterocycles. The molecule has 0 aromatic carbocycles. The Kier molecular flexibility index (Phi) is 63.6. The monoisotopic (exact) mass is 1080 g/mol. The van der Waals surface area contributed by atoms with Gasteiger partial charge in [-0.15, -0.1) is 0 Å². The third kappa shape index (κ3) is 64.1. The van der Waals surface area contributed by atoms with E-state index in [-0.39, 0.29) is 37.5 Å². The standard InChI is InChI=1S/C71H130O6/c1-4-7-10-13-16-19-22-25-26-27-28-29-30-31-32-33-34-35-36-37-38-39-40-41-42-43-44-45-47-49-52-55-58-61-64-70(73)76-67-68(66-75-69(72)63-60-57-54-51-48-24-21-18-15-12-9-6-3)77-71(74)65-62-59-56-53-50-46-23-20-17-14-11-8-5-2/h8,11,17,20,46,50,56,59,68H,4-7,9-10,12-16,18-19,21-45,47-49,51-55,57-58,60-67H2,1-3H3/b11-8-,20-17-,50-46-,59-56-. The van der Waals surface area contributed by atoms with Gasteiger partial charge in [0, 0.05) is 19.3 Å². The molecule has 0 aliphatic rings. The Morgan fingerprint density at radius 1 is 0.273 bits per heavy atom. The van der Waals surface area contributed by atoms with Crippen LogP contribution in [0.3, 0.4) is 0 Å². The molecule has 450 valence electrons. The number of allylic oxidation sites excluding steroid dienone is 8. The molecule has 0 bridgehead atoms. The first-order valence-corrected chi connectivity index (χ1v) is 34.1. The van der Waals surface area contributed by atoms with Crippen molar-refractivity contribution in [2.24, 2.45) is 0 Å². The minimum absolute atomic E-state index is 0.0971. The first kappa shape index (κ1) is 74.4. The molecule has 0 spiro atoms. The van der Waals surface area contributed by atoms with Gasteiger partial charge in [0.2, 0.25) is 0 Å². The second-order valence-corrected chi connectivity index (χ2v) is 23.1. The van der Waals surface area contributed by atoms with Crippen molar-refractivity contribution in [3.05, 3.63) is 48.6 Å². The normalized spacial score (nSPS) is 12.3. The molecule has 0 N–H and O–H groups in total. The van der Waals surface area contributed by atoms with Crippen molar-refractivity contribution in [2.75, 3.05) is 13.2 Å². The van der Waals surface area contributed by atoms with Gasteiger partial charge in [-0.2, -0.15) is 0 Å².